The number of rotatable bonds is 39. The minimum Gasteiger partial charge on any atom is -0.356 e. The first-order chi connectivity index (χ1) is 23.3. The fraction of sp³-hybridized carbons (Fsp3) is 0.956. The van der Waals surface area contributed by atoms with Gasteiger partial charge in [-0.15, -0.1) is 0 Å². The third kappa shape index (κ3) is 28.8. The Bertz CT molecular complexity index is 615. The van der Waals surface area contributed by atoms with Crippen LogP contribution in [0, 0.1) is 0 Å². The predicted molar refractivity (Wildman–Crippen MR) is 214 cm³/mol. The van der Waals surface area contributed by atoms with Gasteiger partial charge in [0.25, 0.3) is 0 Å². The Morgan fingerprint density at radius 2 is 0.489 bits per heavy atom. The molecular formula is C45H90N2. The van der Waals surface area contributed by atoms with Gasteiger partial charge in [0.15, 0.2) is 0 Å². The van der Waals surface area contributed by atoms with Crippen LogP contribution in [0.15, 0.2) is 12.4 Å². The van der Waals surface area contributed by atoms with Crippen LogP contribution in [0.5, 0.6) is 0 Å². The topological polar surface area (TPSA) is 6.48 Å². The molecule has 0 N–H and O–H groups in total. The number of unbranched alkanes of at least 4 members (excludes halogenated alkanes) is 33. The summed E-state index contributed by atoms with van der Waals surface area (Å²) in [6.45, 7) is 9.49. The lowest BCUT2D eigenvalue weighted by Crippen LogP contribution is -2.39. The summed E-state index contributed by atoms with van der Waals surface area (Å²) in [6.07, 6.45) is 58.9. The van der Waals surface area contributed by atoms with Crippen molar-refractivity contribution in [3.8, 4) is 0 Å². The van der Waals surface area contributed by atoms with E-state index in [0.29, 0.717) is 6.17 Å². The summed E-state index contributed by atoms with van der Waals surface area (Å²) in [5, 5.41) is 0. The van der Waals surface area contributed by atoms with Crippen LogP contribution in [0.25, 0.3) is 0 Å². The molecule has 0 aliphatic carbocycles. The molecule has 47 heavy (non-hydrogen) atoms. The molecule has 0 aromatic heterocycles. The van der Waals surface area contributed by atoms with Crippen molar-refractivity contribution < 1.29 is 0 Å². The van der Waals surface area contributed by atoms with Crippen molar-refractivity contribution in [2.45, 2.75) is 265 Å². The van der Waals surface area contributed by atoms with Crippen LogP contribution in [0.3, 0.4) is 0 Å². The second-order valence-corrected chi connectivity index (χ2v) is 15.7. The van der Waals surface area contributed by atoms with E-state index in [1.807, 2.05) is 0 Å². The second kappa shape index (κ2) is 36.6. The molecule has 0 bridgehead atoms. The molecule has 1 unspecified atom stereocenters. The van der Waals surface area contributed by atoms with E-state index in [1.54, 1.807) is 0 Å². The van der Waals surface area contributed by atoms with E-state index in [-0.39, 0.29) is 0 Å². The lowest BCUT2D eigenvalue weighted by atomic mass is 10.0. The summed E-state index contributed by atoms with van der Waals surface area (Å²) in [6, 6.07) is 0. The van der Waals surface area contributed by atoms with Crippen molar-refractivity contribution in [3.05, 3.63) is 12.4 Å². The fourth-order valence-corrected chi connectivity index (χ4v) is 7.78. The second-order valence-electron chi connectivity index (χ2n) is 15.7. The highest BCUT2D eigenvalue weighted by Gasteiger charge is 2.24. The molecule has 1 atom stereocenters. The molecule has 1 aliphatic heterocycles. The lowest BCUT2D eigenvalue weighted by molar-refractivity contribution is 0.135. The van der Waals surface area contributed by atoms with Gasteiger partial charge < -0.3 is 9.80 Å². The first-order valence-electron chi connectivity index (χ1n) is 22.5. The van der Waals surface area contributed by atoms with E-state index >= 15 is 0 Å². The van der Waals surface area contributed by atoms with Gasteiger partial charge in [-0.25, -0.2) is 0 Å². The maximum Gasteiger partial charge on any atom is 0.101 e. The van der Waals surface area contributed by atoms with Crippen molar-refractivity contribution in [2.24, 2.45) is 0 Å². The smallest absolute Gasteiger partial charge is 0.101 e. The third-order valence-corrected chi connectivity index (χ3v) is 11.1. The highest BCUT2D eigenvalue weighted by Crippen LogP contribution is 2.24. The summed E-state index contributed by atoms with van der Waals surface area (Å²) in [4.78, 5) is 5.45. The standard InChI is InChI=1S/C45H90N2/c1-4-7-10-13-16-19-21-22-23-24-25-26-28-30-33-36-39-42-47-44-43-46(41-38-35-32-18-15-12-9-6-3)45(47)40-37-34-31-29-27-20-17-14-11-8-5-2/h43-45H,4-42H2,1-3H3. The van der Waals surface area contributed by atoms with E-state index < -0.39 is 0 Å². The van der Waals surface area contributed by atoms with Crippen LogP contribution in [-0.2, 0) is 0 Å². The quantitative estimate of drug-likeness (QED) is 0.0606. The highest BCUT2D eigenvalue weighted by atomic mass is 15.4. The summed E-state index contributed by atoms with van der Waals surface area (Å²) >= 11 is 0. The Labute approximate surface area is 299 Å². The molecule has 0 radical (unpaired) electrons. The van der Waals surface area contributed by atoms with Gasteiger partial charge in [0.05, 0.1) is 0 Å². The molecule has 280 valence electrons. The largest absolute Gasteiger partial charge is 0.356 e. The van der Waals surface area contributed by atoms with Gasteiger partial charge >= 0.3 is 0 Å². The first kappa shape index (κ1) is 44.4. The Hall–Kier alpha value is -0.660. The molecule has 2 nitrogen and oxygen atoms in total. The van der Waals surface area contributed by atoms with Crippen LogP contribution >= 0.6 is 0 Å². The van der Waals surface area contributed by atoms with E-state index in [4.69, 9.17) is 0 Å². The molecule has 0 spiro atoms. The van der Waals surface area contributed by atoms with Crippen LogP contribution in [-0.4, -0.2) is 29.1 Å². The van der Waals surface area contributed by atoms with Crippen molar-refractivity contribution in [1.82, 2.24) is 9.80 Å². The van der Waals surface area contributed by atoms with E-state index in [1.165, 1.54) is 251 Å². The van der Waals surface area contributed by atoms with Gasteiger partial charge in [0.1, 0.15) is 6.17 Å². The molecule has 0 saturated carbocycles. The Morgan fingerprint density at radius 3 is 0.745 bits per heavy atom. The van der Waals surface area contributed by atoms with Crippen LogP contribution in [0.1, 0.15) is 258 Å². The van der Waals surface area contributed by atoms with Gasteiger partial charge in [0.2, 0.25) is 0 Å². The summed E-state index contributed by atoms with van der Waals surface area (Å²) in [5.74, 6) is 0. The van der Waals surface area contributed by atoms with Crippen LogP contribution < -0.4 is 0 Å². The Kier molecular flexibility index (Phi) is 34.6. The van der Waals surface area contributed by atoms with E-state index in [0.717, 1.165) is 0 Å². The first-order valence-corrected chi connectivity index (χ1v) is 22.5. The molecule has 0 saturated heterocycles. The van der Waals surface area contributed by atoms with Crippen LogP contribution in [0.2, 0.25) is 0 Å². The molecule has 1 rings (SSSR count). The highest BCUT2D eigenvalue weighted by molar-refractivity contribution is 4.97. The Morgan fingerprint density at radius 1 is 0.277 bits per heavy atom. The molecule has 1 heterocycles. The average molecular weight is 659 g/mol. The monoisotopic (exact) mass is 659 g/mol. The Balaban J connectivity index is 2.15. The zero-order chi connectivity index (χ0) is 33.7. The van der Waals surface area contributed by atoms with Gasteiger partial charge in [0, 0.05) is 25.5 Å². The molecule has 0 aromatic rings. The van der Waals surface area contributed by atoms with E-state index in [9.17, 15) is 0 Å². The number of hydrogen-bond donors (Lipinski definition) is 0. The fourth-order valence-electron chi connectivity index (χ4n) is 7.78. The van der Waals surface area contributed by atoms with Gasteiger partial charge in [-0.2, -0.15) is 0 Å². The van der Waals surface area contributed by atoms with Gasteiger partial charge in [-0.1, -0.05) is 233 Å². The normalized spacial score (nSPS) is 14.7. The molecule has 0 amide bonds. The number of nitrogens with zero attached hydrogens (tertiary/aromatic N) is 2. The molecule has 0 aromatic carbocycles. The van der Waals surface area contributed by atoms with E-state index in [2.05, 4.69) is 43.0 Å². The van der Waals surface area contributed by atoms with Crippen LogP contribution in [0.4, 0.5) is 0 Å². The minimum atomic E-state index is 0.638. The molecule has 0 fully saturated rings. The predicted octanol–water partition coefficient (Wildman–Crippen LogP) is 15.9. The molecule has 1 aliphatic rings. The van der Waals surface area contributed by atoms with Crippen molar-refractivity contribution in [1.29, 1.82) is 0 Å². The lowest BCUT2D eigenvalue weighted by Gasteiger charge is -2.33. The zero-order valence-corrected chi connectivity index (χ0v) is 33.2. The minimum absolute atomic E-state index is 0.638. The SMILES string of the molecule is CCCCCCCCCCCCCCCCCCCN1C=CN(CCCCCCCCCC)C1CCCCCCCCCCCCC. The van der Waals surface area contributed by atoms with Gasteiger partial charge in [-0.05, 0) is 25.7 Å². The van der Waals surface area contributed by atoms with Crippen molar-refractivity contribution in [2.75, 3.05) is 13.1 Å². The molecule has 2 heteroatoms. The zero-order valence-electron chi connectivity index (χ0n) is 33.2. The average Bonchev–Trinajstić information content (AvgIpc) is 3.47. The summed E-state index contributed by atoms with van der Waals surface area (Å²) in [5.41, 5.74) is 0. The number of hydrogen-bond acceptors (Lipinski definition) is 2. The third-order valence-electron chi connectivity index (χ3n) is 11.1. The molecular weight excluding hydrogens is 569 g/mol. The summed E-state index contributed by atoms with van der Waals surface area (Å²) in [7, 11) is 0. The van der Waals surface area contributed by atoms with Gasteiger partial charge in [-0.3, -0.25) is 0 Å². The maximum absolute atomic E-state index is 2.73. The van der Waals surface area contributed by atoms with Crippen molar-refractivity contribution >= 4 is 0 Å². The van der Waals surface area contributed by atoms with Crippen molar-refractivity contribution in [3.63, 3.8) is 0 Å². The maximum atomic E-state index is 2.73. The summed E-state index contributed by atoms with van der Waals surface area (Å²) < 4.78 is 0.